The summed E-state index contributed by atoms with van der Waals surface area (Å²) in [6, 6.07) is 7.82. The van der Waals surface area contributed by atoms with Crippen LogP contribution in [0, 0.1) is 8.99 Å². The lowest BCUT2D eigenvalue weighted by Gasteiger charge is -2.22. The molecule has 1 fully saturated rings. The van der Waals surface area contributed by atoms with E-state index in [1.54, 1.807) is 0 Å². The Hall–Kier alpha value is -0.660. The van der Waals surface area contributed by atoms with Crippen molar-refractivity contribution in [2.24, 2.45) is 11.1 Å². The van der Waals surface area contributed by atoms with Crippen molar-refractivity contribution in [3.8, 4) is 0 Å². The van der Waals surface area contributed by atoms with Crippen LogP contribution < -0.4 is 11.1 Å². The van der Waals surface area contributed by atoms with Gasteiger partial charge in [-0.05, 0) is 65.7 Å². The summed E-state index contributed by atoms with van der Waals surface area (Å²) in [7, 11) is 0. The van der Waals surface area contributed by atoms with E-state index in [1.165, 1.54) is 0 Å². The second-order valence-electron chi connectivity index (χ2n) is 5.53. The van der Waals surface area contributed by atoms with Crippen LogP contribution in [0.25, 0.3) is 0 Å². The largest absolute Gasteiger partial charge is 0.330 e. The van der Waals surface area contributed by atoms with Crippen molar-refractivity contribution in [3.05, 3.63) is 27.8 Å². The van der Waals surface area contributed by atoms with Gasteiger partial charge in [-0.15, -0.1) is 0 Å². The van der Waals surface area contributed by atoms with Crippen LogP contribution in [-0.4, -0.2) is 37.0 Å². The Labute approximate surface area is 127 Å². The predicted molar refractivity (Wildman–Crippen MR) is 86.0 cm³/mol. The number of nitrogens with two attached hydrogens (primary N) is 1. The SMILES string of the molecule is CC1(CN)CCN(CC(=O)Nc2cccc(I)c2)C1. The molecule has 4 nitrogen and oxygen atoms in total. The zero-order chi connectivity index (χ0) is 13.9. The number of carbonyl (C=O) groups is 1. The van der Waals surface area contributed by atoms with Crippen LogP contribution in [0.5, 0.6) is 0 Å². The molecule has 1 atom stereocenters. The molecule has 2 rings (SSSR count). The lowest BCUT2D eigenvalue weighted by molar-refractivity contribution is -0.117. The molecule has 1 aliphatic heterocycles. The standard InChI is InChI=1S/C14H20IN3O/c1-14(9-16)5-6-18(10-14)8-13(19)17-12-4-2-3-11(15)7-12/h2-4,7H,5-6,8-10,16H2,1H3,(H,17,19). The van der Waals surface area contributed by atoms with Crippen molar-refractivity contribution in [2.75, 3.05) is 31.5 Å². The van der Waals surface area contributed by atoms with Gasteiger partial charge in [-0.1, -0.05) is 13.0 Å². The number of benzene rings is 1. The monoisotopic (exact) mass is 373 g/mol. The van der Waals surface area contributed by atoms with E-state index in [9.17, 15) is 4.79 Å². The lowest BCUT2D eigenvalue weighted by atomic mass is 9.90. The van der Waals surface area contributed by atoms with Gasteiger partial charge in [-0.25, -0.2) is 0 Å². The number of likely N-dealkylation sites (tertiary alicyclic amines) is 1. The highest BCUT2D eigenvalue weighted by molar-refractivity contribution is 14.1. The quantitative estimate of drug-likeness (QED) is 0.793. The van der Waals surface area contributed by atoms with Crippen LogP contribution in [0.4, 0.5) is 5.69 Å². The van der Waals surface area contributed by atoms with E-state index >= 15 is 0 Å². The minimum atomic E-state index is 0.0447. The van der Waals surface area contributed by atoms with E-state index < -0.39 is 0 Å². The molecule has 0 saturated carbocycles. The molecule has 0 bridgehead atoms. The number of nitrogens with zero attached hydrogens (tertiary/aromatic N) is 1. The van der Waals surface area contributed by atoms with Crippen LogP contribution in [-0.2, 0) is 4.79 Å². The Balaban J connectivity index is 1.86. The minimum Gasteiger partial charge on any atom is -0.330 e. The molecule has 0 spiro atoms. The summed E-state index contributed by atoms with van der Waals surface area (Å²) in [4.78, 5) is 14.2. The van der Waals surface area contributed by atoms with Gasteiger partial charge in [0.1, 0.15) is 0 Å². The molecule has 0 aliphatic carbocycles. The number of hydrogen-bond donors (Lipinski definition) is 2. The van der Waals surface area contributed by atoms with Gasteiger partial charge >= 0.3 is 0 Å². The number of anilines is 1. The Bertz CT molecular complexity index is 466. The molecule has 1 aromatic carbocycles. The molecule has 1 saturated heterocycles. The van der Waals surface area contributed by atoms with Crippen molar-refractivity contribution in [2.45, 2.75) is 13.3 Å². The second kappa shape index (κ2) is 6.19. The molecule has 1 aromatic rings. The topological polar surface area (TPSA) is 58.4 Å². The van der Waals surface area contributed by atoms with Crippen molar-refractivity contribution in [1.29, 1.82) is 0 Å². The molecule has 1 unspecified atom stereocenters. The first-order valence-electron chi connectivity index (χ1n) is 6.49. The van der Waals surface area contributed by atoms with Gasteiger partial charge in [-0.3, -0.25) is 9.69 Å². The van der Waals surface area contributed by atoms with Gasteiger partial charge < -0.3 is 11.1 Å². The van der Waals surface area contributed by atoms with E-state index in [4.69, 9.17) is 5.73 Å². The maximum Gasteiger partial charge on any atom is 0.238 e. The summed E-state index contributed by atoms with van der Waals surface area (Å²) in [5.41, 5.74) is 6.80. The second-order valence-corrected chi connectivity index (χ2v) is 6.78. The van der Waals surface area contributed by atoms with Gasteiger partial charge in [0.15, 0.2) is 0 Å². The minimum absolute atomic E-state index is 0.0447. The average molecular weight is 373 g/mol. The van der Waals surface area contributed by atoms with Crippen LogP contribution in [0.15, 0.2) is 24.3 Å². The van der Waals surface area contributed by atoms with Gasteiger partial charge in [0.05, 0.1) is 6.54 Å². The zero-order valence-electron chi connectivity index (χ0n) is 11.2. The fourth-order valence-electron chi connectivity index (χ4n) is 2.40. The Morgan fingerprint density at radius 2 is 2.37 bits per heavy atom. The number of rotatable bonds is 4. The van der Waals surface area contributed by atoms with E-state index in [1.807, 2.05) is 24.3 Å². The fraction of sp³-hybridized carbons (Fsp3) is 0.500. The summed E-state index contributed by atoms with van der Waals surface area (Å²) in [5.74, 6) is 0.0447. The highest BCUT2D eigenvalue weighted by Gasteiger charge is 2.32. The molecular weight excluding hydrogens is 353 g/mol. The molecule has 1 heterocycles. The molecule has 1 amide bonds. The Morgan fingerprint density at radius 1 is 1.58 bits per heavy atom. The predicted octanol–water partition coefficient (Wildman–Crippen LogP) is 1.90. The van der Waals surface area contributed by atoms with Crippen molar-refractivity contribution in [1.82, 2.24) is 4.90 Å². The van der Waals surface area contributed by atoms with Crippen LogP contribution >= 0.6 is 22.6 Å². The maximum atomic E-state index is 12.0. The van der Waals surface area contributed by atoms with Crippen LogP contribution in [0.1, 0.15) is 13.3 Å². The summed E-state index contributed by atoms with van der Waals surface area (Å²) >= 11 is 2.24. The number of amides is 1. The third-order valence-electron chi connectivity index (χ3n) is 3.61. The number of hydrogen-bond acceptors (Lipinski definition) is 3. The number of halogens is 1. The maximum absolute atomic E-state index is 12.0. The average Bonchev–Trinajstić information content (AvgIpc) is 2.71. The first-order chi connectivity index (χ1) is 9.00. The molecular formula is C14H20IN3O. The first kappa shape index (κ1) is 14.7. The fourth-order valence-corrected chi connectivity index (χ4v) is 2.94. The molecule has 5 heteroatoms. The summed E-state index contributed by atoms with van der Waals surface area (Å²) in [6.45, 7) is 5.17. The molecule has 0 aromatic heterocycles. The van der Waals surface area contributed by atoms with Crippen molar-refractivity contribution in [3.63, 3.8) is 0 Å². The zero-order valence-corrected chi connectivity index (χ0v) is 13.3. The third kappa shape index (κ3) is 4.15. The van der Waals surface area contributed by atoms with Gasteiger partial charge in [0, 0.05) is 15.8 Å². The van der Waals surface area contributed by atoms with E-state index in [0.717, 1.165) is 28.8 Å². The smallest absolute Gasteiger partial charge is 0.238 e. The Kier molecular flexibility index (Phi) is 4.81. The van der Waals surface area contributed by atoms with Crippen molar-refractivity contribution < 1.29 is 4.79 Å². The Morgan fingerprint density at radius 3 is 3.00 bits per heavy atom. The summed E-state index contributed by atoms with van der Waals surface area (Å²) in [6.07, 6.45) is 1.07. The molecule has 0 radical (unpaired) electrons. The third-order valence-corrected chi connectivity index (χ3v) is 4.28. The highest BCUT2D eigenvalue weighted by Crippen LogP contribution is 2.28. The molecule has 104 valence electrons. The van der Waals surface area contributed by atoms with E-state index in [-0.39, 0.29) is 11.3 Å². The van der Waals surface area contributed by atoms with E-state index in [0.29, 0.717) is 13.1 Å². The highest BCUT2D eigenvalue weighted by atomic mass is 127. The van der Waals surface area contributed by atoms with Gasteiger partial charge in [-0.2, -0.15) is 0 Å². The van der Waals surface area contributed by atoms with Crippen LogP contribution in [0.3, 0.4) is 0 Å². The summed E-state index contributed by atoms with van der Waals surface area (Å²) in [5, 5.41) is 2.94. The lowest BCUT2D eigenvalue weighted by Crippen LogP contribution is -2.35. The van der Waals surface area contributed by atoms with Crippen molar-refractivity contribution >= 4 is 34.2 Å². The number of nitrogens with one attached hydrogen (secondary N) is 1. The molecule has 1 aliphatic rings. The van der Waals surface area contributed by atoms with Gasteiger partial charge in [0.2, 0.25) is 5.91 Å². The van der Waals surface area contributed by atoms with Crippen LogP contribution in [0.2, 0.25) is 0 Å². The molecule has 3 N–H and O–H groups in total. The normalized spacial score (nSPS) is 23.5. The van der Waals surface area contributed by atoms with E-state index in [2.05, 4.69) is 39.7 Å². The molecule has 19 heavy (non-hydrogen) atoms. The van der Waals surface area contributed by atoms with Gasteiger partial charge in [0.25, 0.3) is 0 Å². The first-order valence-corrected chi connectivity index (χ1v) is 7.56. The summed E-state index contributed by atoms with van der Waals surface area (Å²) < 4.78 is 1.12. The number of carbonyl (C=O) groups excluding carboxylic acids is 1.